The summed E-state index contributed by atoms with van der Waals surface area (Å²) < 4.78 is 25.3. The number of hydrogen-bond donors (Lipinski definition) is 1. The summed E-state index contributed by atoms with van der Waals surface area (Å²) in [6.45, 7) is 2.04. The molecular weight excluding hydrogens is 282 g/mol. The lowest BCUT2D eigenvalue weighted by Gasteiger charge is -2.36. The molecule has 0 amide bonds. The first kappa shape index (κ1) is 16.5. The molecule has 3 unspecified atom stereocenters. The van der Waals surface area contributed by atoms with E-state index in [2.05, 4.69) is 17.4 Å². The van der Waals surface area contributed by atoms with Crippen LogP contribution in [0.2, 0.25) is 0 Å². The van der Waals surface area contributed by atoms with Gasteiger partial charge in [0, 0.05) is 6.04 Å². The topological polar surface area (TPSA) is 46.2 Å². The molecule has 0 heterocycles. The molecule has 118 valence electrons. The van der Waals surface area contributed by atoms with Crippen LogP contribution < -0.4 is 5.32 Å². The molecule has 1 aromatic rings. The highest BCUT2D eigenvalue weighted by molar-refractivity contribution is 7.92. The van der Waals surface area contributed by atoms with Crippen LogP contribution in [-0.2, 0) is 9.84 Å². The van der Waals surface area contributed by atoms with Crippen molar-refractivity contribution < 1.29 is 8.42 Å². The Bertz CT molecular complexity index is 527. The maximum Gasteiger partial charge on any atom is 0.154 e. The lowest BCUT2D eigenvalue weighted by Crippen LogP contribution is -2.47. The smallest absolute Gasteiger partial charge is 0.154 e. The van der Waals surface area contributed by atoms with E-state index in [1.54, 1.807) is 0 Å². The van der Waals surface area contributed by atoms with Crippen molar-refractivity contribution in [1.29, 1.82) is 0 Å². The molecule has 1 aromatic carbocycles. The quantitative estimate of drug-likeness (QED) is 0.878. The van der Waals surface area contributed by atoms with Gasteiger partial charge in [0.15, 0.2) is 9.84 Å². The van der Waals surface area contributed by atoms with E-state index in [4.69, 9.17) is 0 Å². The second kappa shape index (κ2) is 7.41. The molecule has 0 saturated heterocycles. The minimum Gasteiger partial charge on any atom is -0.316 e. The van der Waals surface area contributed by atoms with Gasteiger partial charge in [-0.1, -0.05) is 43.7 Å². The summed E-state index contributed by atoms with van der Waals surface area (Å²) in [5.74, 6) is 0.700. The average Bonchev–Trinajstić information content (AvgIpc) is 2.53. The molecule has 1 saturated carbocycles. The molecule has 1 fully saturated rings. The Morgan fingerprint density at radius 3 is 2.52 bits per heavy atom. The van der Waals surface area contributed by atoms with Crippen molar-refractivity contribution >= 4 is 9.84 Å². The van der Waals surface area contributed by atoms with Crippen LogP contribution in [-0.4, -0.2) is 32.5 Å². The molecule has 0 aliphatic heterocycles. The van der Waals surface area contributed by atoms with Crippen molar-refractivity contribution in [3.8, 4) is 0 Å². The van der Waals surface area contributed by atoms with Crippen LogP contribution in [0.15, 0.2) is 30.3 Å². The van der Waals surface area contributed by atoms with Gasteiger partial charge in [0.05, 0.1) is 11.0 Å². The van der Waals surface area contributed by atoms with Crippen LogP contribution in [0.3, 0.4) is 0 Å². The summed E-state index contributed by atoms with van der Waals surface area (Å²) >= 11 is 0. The van der Waals surface area contributed by atoms with Crippen molar-refractivity contribution in [2.24, 2.45) is 0 Å². The SMILES string of the molecule is CCCCS(=O)(=O)C1CC(c2ccccc2)CCC1NC. The fourth-order valence-corrected chi connectivity index (χ4v) is 5.67. The third-order valence-corrected chi connectivity index (χ3v) is 6.98. The number of rotatable bonds is 6. The highest BCUT2D eigenvalue weighted by Crippen LogP contribution is 2.36. The fraction of sp³-hybridized carbons (Fsp3) is 0.647. The Kier molecular flexibility index (Phi) is 5.82. The Morgan fingerprint density at radius 1 is 1.19 bits per heavy atom. The number of benzene rings is 1. The van der Waals surface area contributed by atoms with Crippen LogP contribution in [0.25, 0.3) is 0 Å². The van der Waals surface area contributed by atoms with E-state index in [0.717, 1.165) is 32.1 Å². The first-order valence-electron chi connectivity index (χ1n) is 8.02. The standard InChI is InChI=1S/C17H27NO2S/c1-3-4-12-21(19,20)17-13-15(10-11-16(17)18-2)14-8-6-5-7-9-14/h5-9,15-18H,3-4,10-13H2,1-2H3. The van der Waals surface area contributed by atoms with E-state index in [1.807, 2.05) is 32.2 Å². The molecule has 0 radical (unpaired) electrons. The van der Waals surface area contributed by atoms with Crippen LogP contribution in [0.5, 0.6) is 0 Å². The van der Waals surface area contributed by atoms with E-state index >= 15 is 0 Å². The molecule has 0 bridgehead atoms. The molecule has 3 atom stereocenters. The van der Waals surface area contributed by atoms with Gasteiger partial charge in [-0.05, 0) is 44.2 Å². The van der Waals surface area contributed by atoms with Gasteiger partial charge in [-0.2, -0.15) is 0 Å². The fourth-order valence-electron chi connectivity index (χ4n) is 3.38. The van der Waals surface area contributed by atoms with Gasteiger partial charge in [0.1, 0.15) is 0 Å². The summed E-state index contributed by atoms with van der Waals surface area (Å²) in [6.07, 6.45) is 4.45. The maximum atomic E-state index is 12.7. The molecule has 1 N–H and O–H groups in total. The average molecular weight is 309 g/mol. The predicted octanol–water partition coefficient (Wildman–Crippen LogP) is 3.13. The van der Waals surface area contributed by atoms with E-state index in [9.17, 15) is 8.42 Å². The summed E-state index contributed by atoms with van der Waals surface area (Å²) in [4.78, 5) is 0. The monoisotopic (exact) mass is 309 g/mol. The number of sulfone groups is 1. The van der Waals surface area contributed by atoms with Gasteiger partial charge >= 0.3 is 0 Å². The van der Waals surface area contributed by atoms with Crippen LogP contribution >= 0.6 is 0 Å². The van der Waals surface area contributed by atoms with Gasteiger partial charge < -0.3 is 5.32 Å². The van der Waals surface area contributed by atoms with Gasteiger partial charge in [-0.3, -0.25) is 0 Å². The minimum atomic E-state index is -3.01. The van der Waals surface area contributed by atoms with Crippen molar-refractivity contribution in [1.82, 2.24) is 5.32 Å². The Balaban J connectivity index is 2.16. The highest BCUT2D eigenvalue weighted by Gasteiger charge is 2.38. The largest absolute Gasteiger partial charge is 0.316 e. The second-order valence-corrected chi connectivity index (χ2v) is 8.41. The minimum absolute atomic E-state index is 0.104. The summed E-state index contributed by atoms with van der Waals surface area (Å²) in [6, 6.07) is 10.4. The lowest BCUT2D eigenvalue weighted by atomic mass is 9.81. The van der Waals surface area contributed by atoms with E-state index in [0.29, 0.717) is 11.7 Å². The van der Waals surface area contributed by atoms with Crippen molar-refractivity contribution in [3.63, 3.8) is 0 Å². The number of hydrogen-bond acceptors (Lipinski definition) is 3. The second-order valence-electron chi connectivity index (χ2n) is 6.07. The zero-order valence-corrected chi connectivity index (χ0v) is 13.9. The Morgan fingerprint density at radius 2 is 1.90 bits per heavy atom. The third-order valence-electron chi connectivity index (χ3n) is 4.68. The first-order valence-corrected chi connectivity index (χ1v) is 9.73. The number of nitrogens with one attached hydrogen (secondary N) is 1. The van der Waals surface area contributed by atoms with Gasteiger partial charge in [-0.25, -0.2) is 8.42 Å². The van der Waals surface area contributed by atoms with Crippen LogP contribution in [0, 0.1) is 0 Å². The lowest BCUT2D eigenvalue weighted by molar-refractivity contribution is 0.356. The zero-order valence-electron chi connectivity index (χ0n) is 13.1. The molecule has 2 rings (SSSR count). The highest BCUT2D eigenvalue weighted by atomic mass is 32.2. The van der Waals surface area contributed by atoms with Gasteiger partial charge in [0.2, 0.25) is 0 Å². The molecule has 0 aromatic heterocycles. The van der Waals surface area contributed by atoms with E-state index < -0.39 is 9.84 Å². The third kappa shape index (κ3) is 4.07. The molecule has 21 heavy (non-hydrogen) atoms. The molecular formula is C17H27NO2S. The van der Waals surface area contributed by atoms with Crippen molar-refractivity contribution in [2.45, 2.75) is 56.2 Å². The summed E-state index contributed by atoms with van der Waals surface area (Å²) in [5, 5.41) is 2.99. The first-order chi connectivity index (χ1) is 10.1. The Hall–Kier alpha value is -0.870. The van der Waals surface area contributed by atoms with Crippen molar-refractivity contribution in [3.05, 3.63) is 35.9 Å². The molecule has 3 nitrogen and oxygen atoms in total. The maximum absolute atomic E-state index is 12.7. The van der Waals surface area contributed by atoms with Crippen LogP contribution in [0.4, 0.5) is 0 Å². The normalized spacial score (nSPS) is 26.7. The molecule has 4 heteroatoms. The molecule has 1 aliphatic carbocycles. The predicted molar refractivity (Wildman–Crippen MR) is 88.4 cm³/mol. The zero-order chi connectivity index (χ0) is 15.3. The molecule has 1 aliphatic rings. The summed E-state index contributed by atoms with van der Waals surface area (Å²) in [7, 11) is -1.13. The Labute approximate surface area is 129 Å². The summed E-state index contributed by atoms with van der Waals surface area (Å²) in [5.41, 5.74) is 1.28. The molecule has 0 spiro atoms. The van der Waals surface area contributed by atoms with Gasteiger partial charge in [-0.15, -0.1) is 0 Å². The van der Waals surface area contributed by atoms with Gasteiger partial charge in [0.25, 0.3) is 0 Å². The van der Waals surface area contributed by atoms with Crippen LogP contribution in [0.1, 0.15) is 50.5 Å². The number of unbranched alkanes of at least 4 members (excludes halogenated alkanes) is 1. The van der Waals surface area contributed by atoms with E-state index in [-0.39, 0.29) is 11.3 Å². The van der Waals surface area contributed by atoms with E-state index in [1.165, 1.54) is 5.56 Å². The van der Waals surface area contributed by atoms with Crippen molar-refractivity contribution in [2.75, 3.05) is 12.8 Å².